The van der Waals surface area contributed by atoms with Gasteiger partial charge in [0.05, 0.1) is 7.11 Å². The van der Waals surface area contributed by atoms with Crippen molar-refractivity contribution in [2.75, 3.05) is 19.0 Å². The van der Waals surface area contributed by atoms with Crippen molar-refractivity contribution in [3.8, 4) is 16.9 Å². The van der Waals surface area contributed by atoms with Gasteiger partial charge in [-0.15, -0.1) is 0 Å². The topological polar surface area (TPSA) is 86.5 Å². The van der Waals surface area contributed by atoms with Gasteiger partial charge in [-0.25, -0.2) is 9.78 Å². The molecule has 29 heavy (non-hydrogen) atoms. The number of hydrogen-bond donors (Lipinski definition) is 2. The number of ether oxygens (including phenoxy) is 2. The van der Waals surface area contributed by atoms with Gasteiger partial charge in [-0.2, -0.15) is 0 Å². The van der Waals surface area contributed by atoms with Crippen LogP contribution in [0.25, 0.3) is 11.1 Å². The summed E-state index contributed by atoms with van der Waals surface area (Å²) in [6.07, 6.45) is 4.40. The lowest BCUT2D eigenvalue weighted by atomic mass is 9.92. The number of benzene rings is 1. The maximum Gasteiger partial charge on any atom is 0.412 e. The van der Waals surface area contributed by atoms with Gasteiger partial charge < -0.3 is 15.2 Å². The van der Waals surface area contributed by atoms with Gasteiger partial charge in [-0.05, 0) is 79.0 Å². The van der Waals surface area contributed by atoms with Crippen LogP contribution in [0.5, 0.6) is 5.75 Å². The standard InChI is InChI=1S/C23H31N3O3/c1-15(2)13-23(3,24)14-29-20-8-7-17(11-19(20)16-5-6-16)18-9-10-25-21(12-18)26-22(27)28-4/h7-12,15-16H,5-6,13-14,24H2,1-4H3,(H,25,26,27). The summed E-state index contributed by atoms with van der Waals surface area (Å²) in [5.41, 5.74) is 9.33. The minimum Gasteiger partial charge on any atom is -0.491 e. The van der Waals surface area contributed by atoms with Crippen LogP contribution in [-0.4, -0.2) is 30.3 Å². The molecular formula is C23H31N3O3. The zero-order chi connectivity index (χ0) is 21.0. The maximum absolute atomic E-state index is 11.4. The smallest absolute Gasteiger partial charge is 0.412 e. The van der Waals surface area contributed by atoms with E-state index in [0.29, 0.717) is 24.3 Å². The average molecular weight is 398 g/mol. The summed E-state index contributed by atoms with van der Waals surface area (Å²) in [5.74, 6) is 2.43. The van der Waals surface area contributed by atoms with E-state index in [4.69, 9.17) is 10.5 Å². The molecule has 156 valence electrons. The molecule has 0 aliphatic heterocycles. The number of amides is 1. The molecule has 0 spiro atoms. The molecule has 1 saturated carbocycles. The van der Waals surface area contributed by atoms with E-state index in [1.165, 1.54) is 25.5 Å². The van der Waals surface area contributed by atoms with Crippen LogP contribution in [0, 0.1) is 5.92 Å². The number of pyridine rings is 1. The zero-order valence-corrected chi connectivity index (χ0v) is 17.7. The first-order valence-corrected chi connectivity index (χ1v) is 10.1. The third-order valence-electron chi connectivity index (χ3n) is 4.97. The summed E-state index contributed by atoms with van der Waals surface area (Å²) >= 11 is 0. The first-order valence-electron chi connectivity index (χ1n) is 10.1. The number of carbonyl (C=O) groups excluding carboxylic acids is 1. The lowest BCUT2D eigenvalue weighted by molar-refractivity contribution is 0.187. The fourth-order valence-corrected chi connectivity index (χ4v) is 3.64. The van der Waals surface area contributed by atoms with Gasteiger partial charge in [0.2, 0.25) is 0 Å². The quantitative estimate of drug-likeness (QED) is 0.658. The van der Waals surface area contributed by atoms with Crippen molar-refractivity contribution in [2.24, 2.45) is 11.7 Å². The molecule has 1 amide bonds. The van der Waals surface area contributed by atoms with E-state index in [0.717, 1.165) is 23.3 Å². The van der Waals surface area contributed by atoms with Crippen LogP contribution >= 0.6 is 0 Å². The van der Waals surface area contributed by atoms with Crippen molar-refractivity contribution in [2.45, 2.75) is 51.5 Å². The van der Waals surface area contributed by atoms with E-state index in [-0.39, 0.29) is 5.54 Å². The number of carbonyl (C=O) groups is 1. The Balaban J connectivity index is 1.80. The molecule has 1 aliphatic carbocycles. The van der Waals surface area contributed by atoms with Crippen LogP contribution in [0.1, 0.15) is 51.5 Å². The van der Waals surface area contributed by atoms with Crippen molar-refractivity contribution in [3.05, 3.63) is 42.1 Å². The van der Waals surface area contributed by atoms with E-state index >= 15 is 0 Å². The Morgan fingerprint density at radius 2 is 2.00 bits per heavy atom. The van der Waals surface area contributed by atoms with E-state index in [2.05, 4.69) is 35.0 Å². The minimum atomic E-state index is -0.539. The summed E-state index contributed by atoms with van der Waals surface area (Å²) in [4.78, 5) is 15.6. The van der Waals surface area contributed by atoms with Crippen LogP contribution < -0.4 is 15.8 Å². The number of nitrogens with zero attached hydrogens (tertiary/aromatic N) is 1. The second kappa shape index (κ2) is 8.82. The highest BCUT2D eigenvalue weighted by Crippen LogP contribution is 2.45. The fraction of sp³-hybridized carbons (Fsp3) is 0.478. The van der Waals surface area contributed by atoms with Gasteiger partial charge in [0, 0.05) is 11.7 Å². The largest absolute Gasteiger partial charge is 0.491 e. The van der Waals surface area contributed by atoms with Crippen molar-refractivity contribution in [1.29, 1.82) is 0 Å². The van der Waals surface area contributed by atoms with Crippen molar-refractivity contribution < 1.29 is 14.3 Å². The normalized spacial score (nSPS) is 15.7. The Kier molecular flexibility index (Phi) is 6.42. The molecule has 3 rings (SSSR count). The SMILES string of the molecule is COC(=O)Nc1cc(-c2ccc(OCC(C)(N)CC(C)C)c(C3CC3)c2)ccn1. The molecule has 3 N–H and O–H groups in total. The van der Waals surface area contributed by atoms with Crippen molar-refractivity contribution >= 4 is 11.9 Å². The molecule has 1 aromatic heterocycles. The average Bonchev–Trinajstić information content (AvgIpc) is 3.50. The van der Waals surface area contributed by atoms with Gasteiger partial charge in [-0.3, -0.25) is 5.32 Å². The number of nitrogens with one attached hydrogen (secondary N) is 1. The molecule has 0 radical (unpaired) electrons. The second-order valence-electron chi connectivity index (χ2n) is 8.61. The van der Waals surface area contributed by atoms with Crippen molar-refractivity contribution in [1.82, 2.24) is 4.98 Å². The minimum absolute atomic E-state index is 0.354. The molecule has 1 atom stereocenters. The molecule has 0 saturated heterocycles. The van der Waals surface area contributed by atoms with Gasteiger partial charge >= 0.3 is 6.09 Å². The Hall–Kier alpha value is -2.60. The Bertz CT molecular complexity index is 860. The highest BCUT2D eigenvalue weighted by atomic mass is 16.5. The van der Waals surface area contributed by atoms with Gasteiger partial charge in [-0.1, -0.05) is 19.9 Å². The first-order chi connectivity index (χ1) is 13.8. The number of anilines is 1. The van der Waals surface area contributed by atoms with Gasteiger partial charge in [0.15, 0.2) is 0 Å². The van der Waals surface area contributed by atoms with Gasteiger partial charge in [0.1, 0.15) is 18.2 Å². The number of nitrogens with two attached hydrogens (primary N) is 1. The summed E-state index contributed by atoms with van der Waals surface area (Å²) < 4.78 is 10.8. The molecule has 1 unspecified atom stereocenters. The van der Waals surface area contributed by atoms with Crippen LogP contribution in [0.3, 0.4) is 0 Å². The highest BCUT2D eigenvalue weighted by molar-refractivity contribution is 5.84. The summed E-state index contributed by atoms with van der Waals surface area (Å²) in [6.45, 7) is 6.89. The number of aromatic nitrogens is 1. The van der Waals surface area contributed by atoms with E-state index in [1.807, 2.05) is 31.2 Å². The number of hydrogen-bond acceptors (Lipinski definition) is 5. The maximum atomic E-state index is 11.4. The third kappa shape index (κ3) is 5.94. The Morgan fingerprint density at radius 3 is 2.66 bits per heavy atom. The van der Waals surface area contributed by atoms with Crippen LogP contribution in [0.4, 0.5) is 10.6 Å². The molecule has 6 nitrogen and oxygen atoms in total. The van der Waals surface area contributed by atoms with E-state index in [1.54, 1.807) is 6.20 Å². The monoisotopic (exact) mass is 397 g/mol. The van der Waals surface area contributed by atoms with Crippen LogP contribution in [-0.2, 0) is 4.74 Å². The molecule has 1 aliphatic rings. The van der Waals surface area contributed by atoms with E-state index < -0.39 is 6.09 Å². The molecular weight excluding hydrogens is 366 g/mol. The predicted octanol–water partition coefficient (Wildman–Crippen LogP) is 4.95. The second-order valence-corrected chi connectivity index (χ2v) is 8.61. The Labute approximate surface area is 172 Å². The number of rotatable bonds is 8. The fourth-order valence-electron chi connectivity index (χ4n) is 3.64. The molecule has 0 bridgehead atoms. The lowest BCUT2D eigenvalue weighted by Gasteiger charge is -2.27. The predicted molar refractivity (Wildman–Crippen MR) is 115 cm³/mol. The number of methoxy groups -OCH3 is 1. The van der Waals surface area contributed by atoms with Crippen LogP contribution in [0.2, 0.25) is 0 Å². The zero-order valence-electron chi connectivity index (χ0n) is 17.7. The third-order valence-corrected chi connectivity index (χ3v) is 4.97. The molecule has 1 fully saturated rings. The van der Waals surface area contributed by atoms with E-state index in [9.17, 15) is 4.79 Å². The molecule has 1 heterocycles. The summed E-state index contributed by atoms with van der Waals surface area (Å²) in [5, 5.41) is 2.60. The Morgan fingerprint density at radius 1 is 1.28 bits per heavy atom. The lowest BCUT2D eigenvalue weighted by Crippen LogP contribution is -2.43. The molecule has 1 aromatic carbocycles. The van der Waals surface area contributed by atoms with Crippen molar-refractivity contribution in [3.63, 3.8) is 0 Å². The first kappa shape index (κ1) is 21.1. The molecule has 2 aromatic rings. The summed E-state index contributed by atoms with van der Waals surface area (Å²) in [7, 11) is 1.33. The molecule has 6 heteroatoms. The van der Waals surface area contributed by atoms with Crippen LogP contribution in [0.15, 0.2) is 36.5 Å². The van der Waals surface area contributed by atoms with Gasteiger partial charge in [0.25, 0.3) is 0 Å². The summed E-state index contributed by atoms with van der Waals surface area (Å²) in [6, 6.07) is 10.0. The highest BCUT2D eigenvalue weighted by Gasteiger charge is 2.28.